The van der Waals surface area contributed by atoms with Crippen LogP contribution in [0.5, 0.6) is 0 Å². The second-order valence-electron chi connectivity index (χ2n) is 6.56. The smallest absolute Gasteiger partial charge is 0.123 e. The molecule has 0 aliphatic carbocycles. The molecule has 1 aliphatic heterocycles. The maximum Gasteiger partial charge on any atom is 0.123 e. The van der Waals surface area contributed by atoms with Gasteiger partial charge in [-0.1, -0.05) is 26.0 Å². The summed E-state index contributed by atoms with van der Waals surface area (Å²) < 4.78 is 13.0. The molecule has 0 aromatic heterocycles. The lowest BCUT2D eigenvalue weighted by molar-refractivity contribution is 0.0741. The summed E-state index contributed by atoms with van der Waals surface area (Å²) in [6.45, 7) is 9.00. The zero-order chi connectivity index (χ0) is 14.0. The van der Waals surface area contributed by atoms with Crippen molar-refractivity contribution < 1.29 is 4.39 Å². The number of hydrogen-bond acceptors (Lipinski definition) is 2. The molecule has 0 radical (unpaired) electrons. The summed E-state index contributed by atoms with van der Waals surface area (Å²) in [7, 11) is 0. The third-order valence-corrected chi connectivity index (χ3v) is 4.28. The SMILES string of the molecule is CC(C(N)c1ccc(F)cc1)N1CCCC(C)(C)C1. The van der Waals surface area contributed by atoms with E-state index in [9.17, 15) is 4.39 Å². The van der Waals surface area contributed by atoms with Crippen LogP contribution in [0.4, 0.5) is 4.39 Å². The third kappa shape index (κ3) is 3.54. The van der Waals surface area contributed by atoms with Gasteiger partial charge in [-0.15, -0.1) is 0 Å². The van der Waals surface area contributed by atoms with Gasteiger partial charge < -0.3 is 5.73 Å². The first-order valence-corrected chi connectivity index (χ1v) is 7.14. The second kappa shape index (κ2) is 5.59. The fourth-order valence-corrected chi connectivity index (χ4v) is 3.01. The molecule has 1 aliphatic rings. The molecule has 1 aromatic carbocycles. The van der Waals surface area contributed by atoms with E-state index in [2.05, 4.69) is 25.7 Å². The van der Waals surface area contributed by atoms with Crippen molar-refractivity contribution in [2.75, 3.05) is 13.1 Å². The van der Waals surface area contributed by atoms with Crippen LogP contribution in [0.25, 0.3) is 0 Å². The Bertz CT molecular complexity index is 413. The fraction of sp³-hybridized carbons (Fsp3) is 0.625. The first kappa shape index (κ1) is 14.5. The lowest BCUT2D eigenvalue weighted by atomic mass is 9.83. The molecule has 2 unspecified atom stereocenters. The van der Waals surface area contributed by atoms with Crippen molar-refractivity contribution in [3.05, 3.63) is 35.6 Å². The van der Waals surface area contributed by atoms with Gasteiger partial charge >= 0.3 is 0 Å². The maximum absolute atomic E-state index is 13.0. The molecule has 1 fully saturated rings. The van der Waals surface area contributed by atoms with Gasteiger partial charge in [-0.25, -0.2) is 4.39 Å². The number of nitrogens with zero attached hydrogens (tertiary/aromatic N) is 1. The highest BCUT2D eigenvalue weighted by Gasteiger charge is 2.31. The molecular formula is C16H25FN2. The standard InChI is InChI=1S/C16H25FN2/c1-12(19-10-4-9-16(2,3)11-19)15(18)13-5-7-14(17)8-6-13/h5-8,12,15H,4,9-11,18H2,1-3H3. The quantitative estimate of drug-likeness (QED) is 0.907. The van der Waals surface area contributed by atoms with Crippen LogP contribution >= 0.6 is 0 Å². The largest absolute Gasteiger partial charge is 0.323 e. The van der Waals surface area contributed by atoms with Crippen molar-refractivity contribution in [1.82, 2.24) is 4.90 Å². The van der Waals surface area contributed by atoms with Gasteiger partial charge in [-0.3, -0.25) is 4.90 Å². The Morgan fingerprint density at radius 1 is 1.26 bits per heavy atom. The minimum Gasteiger partial charge on any atom is -0.323 e. The molecule has 1 heterocycles. The lowest BCUT2D eigenvalue weighted by Crippen LogP contribution is -2.48. The van der Waals surface area contributed by atoms with Crippen molar-refractivity contribution in [1.29, 1.82) is 0 Å². The van der Waals surface area contributed by atoms with Gasteiger partial charge in [0.15, 0.2) is 0 Å². The number of rotatable bonds is 3. The Kier molecular flexibility index (Phi) is 4.26. The zero-order valence-corrected chi connectivity index (χ0v) is 12.2. The summed E-state index contributed by atoms with van der Waals surface area (Å²) in [5, 5.41) is 0. The van der Waals surface area contributed by atoms with E-state index in [1.807, 2.05) is 0 Å². The van der Waals surface area contributed by atoms with Gasteiger partial charge in [0.25, 0.3) is 0 Å². The number of halogens is 1. The van der Waals surface area contributed by atoms with Crippen LogP contribution in [0.15, 0.2) is 24.3 Å². The van der Waals surface area contributed by atoms with E-state index >= 15 is 0 Å². The summed E-state index contributed by atoms with van der Waals surface area (Å²) in [5.74, 6) is -0.206. The molecule has 19 heavy (non-hydrogen) atoms. The van der Waals surface area contributed by atoms with Gasteiger partial charge in [0.2, 0.25) is 0 Å². The summed E-state index contributed by atoms with van der Waals surface area (Å²) in [6.07, 6.45) is 2.51. The van der Waals surface area contributed by atoms with Crippen molar-refractivity contribution in [3.8, 4) is 0 Å². The number of nitrogens with two attached hydrogens (primary N) is 1. The van der Waals surface area contributed by atoms with Crippen molar-refractivity contribution in [2.45, 2.75) is 45.7 Å². The van der Waals surface area contributed by atoms with Gasteiger partial charge in [-0.05, 0) is 49.4 Å². The molecule has 3 heteroatoms. The second-order valence-corrected chi connectivity index (χ2v) is 6.56. The normalized spacial score (nSPS) is 23.0. The van der Waals surface area contributed by atoms with Crippen LogP contribution in [0, 0.1) is 11.2 Å². The Hall–Kier alpha value is -0.930. The van der Waals surface area contributed by atoms with Gasteiger partial charge in [0, 0.05) is 18.6 Å². The average Bonchev–Trinajstić information content (AvgIpc) is 2.37. The maximum atomic E-state index is 13.0. The predicted molar refractivity (Wildman–Crippen MR) is 77.4 cm³/mol. The van der Waals surface area contributed by atoms with E-state index in [0.717, 1.165) is 18.7 Å². The summed E-state index contributed by atoms with van der Waals surface area (Å²) >= 11 is 0. The average molecular weight is 264 g/mol. The van der Waals surface area contributed by atoms with Gasteiger partial charge in [0.05, 0.1) is 0 Å². The molecule has 0 bridgehead atoms. The number of benzene rings is 1. The molecule has 106 valence electrons. The first-order chi connectivity index (χ1) is 8.89. The van der Waals surface area contributed by atoms with E-state index in [4.69, 9.17) is 5.73 Å². The van der Waals surface area contributed by atoms with Crippen LogP contribution < -0.4 is 5.73 Å². The Morgan fingerprint density at radius 3 is 2.47 bits per heavy atom. The molecule has 2 N–H and O–H groups in total. The Labute approximate surface area is 115 Å². The van der Waals surface area contributed by atoms with Crippen LogP contribution in [0.1, 0.15) is 45.2 Å². The fourth-order valence-electron chi connectivity index (χ4n) is 3.01. The molecule has 2 rings (SSSR count). The highest BCUT2D eigenvalue weighted by Crippen LogP contribution is 2.31. The number of piperidine rings is 1. The van der Waals surface area contributed by atoms with Gasteiger partial charge in [0.1, 0.15) is 5.82 Å². The first-order valence-electron chi connectivity index (χ1n) is 7.14. The highest BCUT2D eigenvalue weighted by atomic mass is 19.1. The molecule has 0 saturated carbocycles. The zero-order valence-electron chi connectivity index (χ0n) is 12.2. The monoisotopic (exact) mass is 264 g/mol. The third-order valence-electron chi connectivity index (χ3n) is 4.28. The van der Waals surface area contributed by atoms with E-state index < -0.39 is 0 Å². The van der Waals surface area contributed by atoms with Crippen LogP contribution in [0.3, 0.4) is 0 Å². The number of hydrogen-bond donors (Lipinski definition) is 1. The number of likely N-dealkylation sites (tertiary alicyclic amines) is 1. The molecule has 1 saturated heterocycles. The molecular weight excluding hydrogens is 239 g/mol. The van der Waals surface area contributed by atoms with Crippen LogP contribution in [-0.4, -0.2) is 24.0 Å². The highest BCUT2D eigenvalue weighted by molar-refractivity contribution is 5.21. The van der Waals surface area contributed by atoms with Gasteiger partial charge in [-0.2, -0.15) is 0 Å². The predicted octanol–water partition coefficient (Wildman–Crippen LogP) is 3.34. The summed E-state index contributed by atoms with van der Waals surface area (Å²) in [5.41, 5.74) is 7.73. The Morgan fingerprint density at radius 2 is 1.89 bits per heavy atom. The molecule has 0 amide bonds. The van der Waals surface area contributed by atoms with Crippen molar-refractivity contribution in [3.63, 3.8) is 0 Å². The van der Waals surface area contributed by atoms with Crippen molar-refractivity contribution >= 4 is 0 Å². The van der Waals surface area contributed by atoms with E-state index in [-0.39, 0.29) is 17.9 Å². The lowest BCUT2D eigenvalue weighted by Gasteiger charge is -2.43. The van der Waals surface area contributed by atoms with Crippen molar-refractivity contribution in [2.24, 2.45) is 11.1 Å². The Balaban J connectivity index is 2.06. The molecule has 2 atom stereocenters. The topological polar surface area (TPSA) is 29.3 Å². The molecule has 0 spiro atoms. The van der Waals surface area contributed by atoms with E-state index in [1.165, 1.54) is 25.0 Å². The molecule has 2 nitrogen and oxygen atoms in total. The van der Waals surface area contributed by atoms with Crippen LogP contribution in [0.2, 0.25) is 0 Å². The molecule has 1 aromatic rings. The minimum absolute atomic E-state index is 0.0606. The van der Waals surface area contributed by atoms with E-state index in [0.29, 0.717) is 5.41 Å². The summed E-state index contributed by atoms with van der Waals surface area (Å²) in [6, 6.07) is 6.79. The van der Waals surface area contributed by atoms with Crippen LogP contribution in [-0.2, 0) is 0 Å². The minimum atomic E-state index is -0.206. The summed E-state index contributed by atoms with van der Waals surface area (Å²) in [4.78, 5) is 2.47. The van der Waals surface area contributed by atoms with E-state index in [1.54, 1.807) is 12.1 Å².